The SMILES string of the molecule is CCCn1ncnc1CC(O)c1cccc2nccnc12. The molecule has 21 heavy (non-hydrogen) atoms. The van der Waals surface area contributed by atoms with Crippen molar-refractivity contribution in [3.8, 4) is 0 Å². The van der Waals surface area contributed by atoms with E-state index in [0.717, 1.165) is 35.4 Å². The highest BCUT2D eigenvalue weighted by molar-refractivity contribution is 5.77. The summed E-state index contributed by atoms with van der Waals surface area (Å²) in [4.78, 5) is 12.8. The van der Waals surface area contributed by atoms with Gasteiger partial charge in [-0.25, -0.2) is 4.98 Å². The maximum Gasteiger partial charge on any atom is 0.138 e. The maximum atomic E-state index is 10.5. The van der Waals surface area contributed by atoms with Gasteiger partial charge in [-0.3, -0.25) is 14.6 Å². The van der Waals surface area contributed by atoms with Crippen LogP contribution in [0.4, 0.5) is 0 Å². The number of benzene rings is 1. The molecule has 0 fully saturated rings. The Kier molecular flexibility index (Phi) is 3.87. The van der Waals surface area contributed by atoms with E-state index in [4.69, 9.17) is 0 Å². The smallest absolute Gasteiger partial charge is 0.138 e. The van der Waals surface area contributed by atoms with E-state index < -0.39 is 6.10 Å². The van der Waals surface area contributed by atoms with Gasteiger partial charge in [0.1, 0.15) is 12.2 Å². The molecule has 3 aromatic rings. The van der Waals surface area contributed by atoms with Crippen LogP contribution in [0.1, 0.15) is 30.8 Å². The molecule has 0 aliphatic carbocycles. The van der Waals surface area contributed by atoms with Gasteiger partial charge >= 0.3 is 0 Å². The first kappa shape index (κ1) is 13.6. The molecule has 0 spiro atoms. The summed E-state index contributed by atoms with van der Waals surface area (Å²) in [5, 5.41) is 14.7. The lowest BCUT2D eigenvalue weighted by atomic mass is 10.0. The number of nitrogens with zero attached hydrogens (tertiary/aromatic N) is 5. The van der Waals surface area contributed by atoms with Gasteiger partial charge < -0.3 is 5.11 Å². The summed E-state index contributed by atoms with van der Waals surface area (Å²) in [5.74, 6) is 0.783. The highest BCUT2D eigenvalue weighted by atomic mass is 16.3. The van der Waals surface area contributed by atoms with Crippen molar-refractivity contribution in [2.24, 2.45) is 0 Å². The van der Waals surface area contributed by atoms with Crippen molar-refractivity contribution >= 4 is 11.0 Å². The minimum Gasteiger partial charge on any atom is -0.388 e. The van der Waals surface area contributed by atoms with E-state index in [9.17, 15) is 5.11 Å². The largest absolute Gasteiger partial charge is 0.388 e. The zero-order valence-corrected chi connectivity index (χ0v) is 11.8. The topological polar surface area (TPSA) is 76.7 Å². The summed E-state index contributed by atoms with van der Waals surface area (Å²) in [6, 6.07) is 5.65. The van der Waals surface area contributed by atoms with Crippen molar-refractivity contribution in [3.05, 3.63) is 48.3 Å². The second kappa shape index (κ2) is 5.97. The molecule has 1 atom stereocenters. The Morgan fingerprint density at radius 1 is 1.19 bits per heavy atom. The Morgan fingerprint density at radius 2 is 2.05 bits per heavy atom. The van der Waals surface area contributed by atoms with Crippen LogP contribution in [0.25, 0.3) is 11.0 Å². The zero-order valence-electron chi connectivity index (χ0n) is 11.8. The zero-order chi connectivity index (χ0) is 14.7. The Hall–Kier alpha value is -2.34. The van der Waals surface area contributed by atoms with Gasteiger partial charge in [-0.15, -0.1) is 0 Å². The minimum absolute atomic E-state index is 0.412. The molecule has 6 heteroatoms. The van der Waals surface area contributed by atoms with Crippen molar-refractivity contribution in [1.29, 1.82) is 0 Å². The van der Waals surface area contributed by atoms with E-state index in [0.29, 0.717) is 6.42 Å². The van der Waals surface area contributed by atoms with Crippen LogP contribution in [0.5, 0.6) is 0 Å². The van der Waals surface area contributed by atoms with E-state index in [1.165, 1.54) is 6.33 Å². The van der Waals surface area contributed by atoms with E-state index in [1.54, 1.807) is 12.4 Å². The number of aryl methyl sites for hydroxylation is 1. The van der Waals surface area contributed by atoms with Gasteiger partial charge in [0.05, 0.1) is 17.1 Å². The van der Waals surface area contributed by atoms with Crippen molar-refractivity contribution in [2.45, 2.75) is 32.4 Å². The third-order valence-electron chi connectivity index (χ3n) is 3.40. The fourth-order valence-electron chi connectivity index (χ4n) is 2.41. The van der Waals surface area contributed by atoms with E-state index in [-0.39, 0.29) is 0 Å². The molecular weight excluding hydrogens is 266 g/mol. The predicted molar refractivity (Wildman–Crippen MR) is 78.5 cm³/mol. The first-order valence-corrected chi connectivity index (χ1v) is 7.04. The number of hydrogen-bond acceptors (Lipinski definition) is 5. The Labute approximate surface area is 122 Å². The molecule has 0 aliphatic heterocycles. The van der Waals surface area contributed by atoms with E-state index >= 15 is 0 Å². The predicted octanol–water partition coefficient (Wildman–Crippen LogP) is 1.91. The monoisotopic (exact) mass is 283 g/mol. The number of fused-ring (bicyclic) bond motifs is 1. The number of rotatable bonds is 5. The fourth-order valence-corrected chi connectivity index (χ4v) is 2.41. The lowest BCUT2D eigenvalue weighted by Gasteiger charge is -2.13. The van der Waals surface area contributed by atoms with Crippen LogP contribution in [0.3, 0.4) is 0 Å². The molecule has 0 radical (unpaired) electrons. The molecule has 0 aliphatic rings. The van der Waals surface area contributed by atoms with Gasteiger partial charge in [0, 0.05) is 30.9 Å². The average molecular weight is 283 g/mol. The van der Waals surface area contributed by atoms with Crippen LogP contribution in [0.15, 0.2) is 36.9 Å². The van der Waals surface area contributed by atoms with E-state index in [2.05, 4.69) is 27.0 Å². The third-order valence-corrected chi connectivity index (χ3v) is 3.40. The highest BCUT2D eigenvalue weighted by Crippen LogP contribution is 2.23. The van der Waals surface area contributed by atoms with Crippen LogP contribution in [-0.2, 0) is 13.0 Å². The molecule has 2 aromatic heterocycles. The molecule has 1 unspecified atom stereocenters. The molecule has 1 aromatic carbocycles. The average Bonchev–Trinajstić information content (AvgIpc) is 2.94. The van der Waals surface area contributed by atoms with Crippen molar-refractivity contribution < 1.29 is 5.11 Å². The Bertz CT molecular complexity index is 734. The second-order valence-corrected chi connectivity index (χ2v) is 4.89. The summed E-state index contributed by atoms with van der Waals surface area (Å²) >= 11 is 0. The molecule has 0 amide bonds. The summed E-state index contributed by atoms with van der Waals surface area (Å²) in [7, 11) is 0. The lowest BCUT2D eigenvalue weighted by molar-refractivity contribution is 0.175. The lowest BCUT2D eigenvalue weighted by Crippen LogP contribution is -2.11. The van der Waals surface area contributed by atoms with Crippen LogP contribution < -0.4 is 0 Å². The van der Waals surface area contributed by atoms with Crippen LogP contribution in [0, 0.1) is 0 Å². The first-order valence-electron chi connectivity index (χ1n) is 7.04. The fraction of sp³-hybridized carbons (Fsp3) is 0.333. The molecule has 108 valence electrons. The van der Waals surface area contributed by atoms with Gasteiger partial charge in [-0.05, 0) is 12.5 Å². The molecule has 0 saturated heterocycles. The maximum absolute atomic E-state index is 10.5. The molecule has 1 N–H and O–H groups in total. The standard InChI is InChI=1S/C15H17N5O/c1-2-8-20-14(18-10-19-20)9-13(21)11-4-3-5-12-15(11)17-7-6-16-12/h3-7,10,13,21H,2,8-9H2,1H3. The van der Waals surface area contributed by atoms with Crippen LogP contribution in [-0.4, -0.2) is 29.8 Å². The highest BCUT2D eigenvalue weighted by Gasteiger charge is 2.16. The molecule has 0 bridgehead atoms. The molecule has 3 rings (SSSR count). The van der Waals surface area contributed by atoms with Gasteiger partial charge in [0.2, 0.25) is 0 Å². The molecule has 0 saturated carbocycles. The van der Waals surface area contributed by atoms with Crippen molar-refractivity contribution in [1.82, 2.24) is 24.7 Å². The Morgan fingerprint density at radius 3 is 2.90 bits per heavy atom. The van der Waals surface area contributed by atoms with Crippen LogP contribution in [0.2, 0.25) is 0 Å². The van der Waals surface area contributed by atoms with Gasteiger partial charge in [-0.1, -0.05) is 19.1 Å². The minimum atomic E-state index is -0.676. The molecule has 2 heterocycles. The number of hydrogen-bond donors (Lipinski definition) is 1. The molecule has 6 nitrogen and oxygen atoms in total. The van der Waals surface area contributed by atoms with Gasteiger partial charge in [0.25, 0.3) is 0 Å². The van der Waals surface area contributed by atoms with Crippen molar-refractivity contribution in [3.63, 3.8) is 0 Å². The number of aromatic nitrogens is 5. The van der Waals surface area contributed by atoms with Gasteiger partial charge in [-0.2, -0.15) is 5.10 Å². The van der Waals surface area contributed by atoms with Crippen LogP contribution >= 0.6 is 0 Å². The summed E-state index contributed by atoms with van der Waals surface area (Å²) in [6.45, 7) is 2.89. The molecular formula is C15H17N5O. The quantitative estimate of drug-likeness (QED) is 0.774. The van der Waals surface area contributed by atoms with E-state index in [1.807, 2.05) is 22.9 Å². The number of aliphatic hydroxyl groups is 1. The number of para-hydroxylation sites is 1. The van der Waals surface area contributed by atoms with Crippen molar-refractivity contribution in [2.75, 3.05) is 0 Å². The number of aliphatic hydroxyl groups excluding tert-OH is 1. The van der Waals surface area contributed by atoms with Gasteiger partial charge in [0.15, 0.2) is 0 Å². The summed E-state index contributed by atoms with van der Waals surface area (Å²) < 4.78 is 1.83. The normalized spacial score (nSPS) is 12.7. The summed E-state index contributed by atoms with van der Waals surface area (Å²) in [5.41, 5.74) is 2.28. The second-order valence-electron chi connectivity index (χ2n) is 4.89. The first-order chi connectivity index (χ1) is 10.3. The summed E-state index contributed by atoms with van der Waals surface area (Å²) in [6.07, 6.45) is 5.53. The third kappa shape index (κ3) is 2.75. The Balaban J connectivity index is 1.90.